The molecule has 0 saturated heterocycles. The Balaban J connectivity index is 1.38. The summed E-state index contributed by atoms with van der Waals surface area (Å²) in [5, 5.41) is 17.4. The summed E-state index contributed by atoms with van der Waals surface area (Å²) in [4.78, 5) is 23.7. The van der Waals surface area contributed by atoms with Gasteiger partial charge in [0.25, 0.3) is 0 Å². The molecule has 1 aliphatic carbocycles. The van der Waals surface area contributed by atoms with Crippen LogP contribution in [0.15, 0.2) is 42.5 Å². The Morgan fingerprint density at radius 1 is 1.07 bits per heavy atom. The molecule has 3 N–H and O–H groups in total. The number of hydrogen-bond donors (Lipinski definition) is 3. The van der Waals surface area contributed by atoms with Crippen molar-refractivity contribution >= 4 is 22.6 Å². The molecule has 1 fully saturated rings. The van der Waals surface area contributed by atoms with E-state index in [4.69, 9.17) is 4.74 Å². The molecular formula is C21H26N2O4. The van der Waals surface area contributed by atoms with Gasteiger partial charge in [-0.2, -0.15) is 0 Å². The molecule has 0 spiro atoms. The number of fused-ring (bicyclic) bond motifs is 1. The lowest BCUT2D eigenvalue weighted by Crippen LogP contribution is -2.42. The molecule has 3 rings (SSSR count). The standard InChI is InChI=1S/C21H26N2O4/c24-17(12-22-20(25)13-23-21(26)16-7-1-2-8-16)14-27-19-11-5-9-15-6-3-4-10-18(15)19/h3-6,9-11,16-17,24H,1-2,7-8,12-14H2,(H,22,25)(H,23,26)/t17-/m0/s1. The van der Waals surface area contributed by atoms with Crippen LogP contribution >= 0.6 is 0 Å². The number of hydrogen-bond acceptors (Lipinski definition) is 4. The number of carbonyl (C=O) groups excluding carboxylic acids is 2. The van der Waals surface area contributed by atoms with E-state index in [2.05, 4.69) is 10.6 Å². The van der Waals surface area contributed by atoms with Gasteiger partial charge in [-0.15, -0.1) is 0 Å². The van der Waals surface area contributed by atoms with E-state index in [1.807, 2.05) is 42.5 Å². The maximum absolute atomic E-state index is 11.9. The minimum atomic E-state index is -0.835. The molecule has 0 aliphatic heterocycles. The number of benzene rings is 2. The van der Waals surface area contributed by atoms with Gasteiger partial charge in [0.05, 0.1) is 6.54 Å². The zero-order chi connectivity index (χ0) is 19.1. The highest BCUT2D eigenvalue weighted by molar-refractivity contribution is 5.88. The summed E-state index contributed by atoms with van der Waals surface area (Å²) >= 11 is 0. The van der Waals surface area contributed by atoms with Crippen molar-refractivity contribution in [2.75, 3.05) is 19.7 Å². The molecule has 144 valence electrons. The number of ether oxygens (including phenoxy) is 1. The first-order valence-corrected chi connectivity index (χ1v) is 9.46. The molecular weight excluding hydrogens is 344 g/mol. The van der Waals surface area contributed by atoms with Crippen molar-refractivity contribution in [3.8, 4) is 5.75 Å². The van der Waals surface area contributed by atoms with Crippen LogP contribution in [0.4, 0.5) is 0 Å². The average Bonchev–Trinajstić information content (AvgIpc) is 3.23. The van der Waals surface area contributed by atoms with E-state index in [0.717, 1.165) is 36.5 Å². The molecule has 1 saturated carbocycles. The van der Waals surface area contributed by atoms with Gasteiger partial charge in [-0.25, -0.2) is 0 Å². The number of amides is 2. The van der Waals surface area contributed by atoms with Crippen LogP contribution in [0.3, 0.4) is 0 Å². The zero-order valence-corrected chi connectivity index (χ0v) is 15.3. The predicted molar refractivity (Wildman–Crippen MR) is 103 cm³/mol. The summed E-state index contributed by atoms with van der Waals surface area (Å²) in [5.74, 6) is 0.368. The largest absolute Gasteiger partial charge is 0.490 e. The normalized spacial score (nSPS) is 15.4. The summed E-state index contributed by atoms with van der Waals surface area (Å²) in [6.07, 6.45) is 3.12. The maximum Gasteiger partial charge on any atom is 0.239 e. The Hall–Kier alpha value is -2.60. The Bertz CT molecular complexity index is 781. The molecule has 0 aromatic heterocycles. The van der Waals surface area contributed by atoms with Crippen molar-refractivity contribution < 1.29 is 19.4 Å². The minimum Gasteiger partial charge on any atom is -0.490 e. The van der Waals surface area contributed by atoms with Crippen LogP contribution in [0, 0.1) is 5.92 Å². The fourth-order valence-electron chi connectivity index (χ4n) is 3.36. The van der Waals surface area contributed by atoms with Crippen molar-refractivity contribution in [2.24, 2.45) is 5.92 Å². The third-order valence-corrected chi connectivity index (χ3v) is 4.86. The van der Waals surface area contributed by atoms with Crippen LogP contribution in [0.5, 0.6) is 5.75 Å². The van der Waals surface area contributed by atoms with Crippen LogP contribution in [-0.4, -0.2) is 42.7 Å². The van der Waals surface area contributed by atoms with Gasteiger partial charge < -0.3 is 20.5 Å². The highest BCUT2D eigenvalue weighted by atomic mass is 16.5. The van der Waals surface area contributed by atoms with E-state index < -0.39 is 6.10 Å². The molecule has 6 heteroatoms. The molecule has 0 radical (unpaired) electrons. The zero-order valence-electron chi connectivity index (χ0n) is 15.3. The molecule has 2 aromatic carbocycles. The van der Waals surface area contributed by atoms with E-state index in [1.54, 1.807) is 0 Å². The number of nitrogens with one attached hydrogen (secondary N) is 2. The molecule has 1 aliphatic rings. The van der Waals surface area contributed by atoms with E-state index >= 15 is 0 Å². The number of rotatable bonds is 8. The summed E-state index contributed by atoms with van der Waals surface area (Å²) in [5.41, 5.74) is 0. The maximum atomic E-state index is 11.9. The van der Waals surface area contributed by atoms with Crippen molar-refractivity contribution in [3.63, 3.8) is 0 Å². The van der Waals surface area contributed by atoms with E-state index in [9.17, 15) is 14.7 Å². The van der Waals surface area contributed by atoms with Gasteiger partial charge in [-0.05, 0) is 24.3 Å². The van der Waals surface area contributed by atoms with Crippen molar-refractivity contribution in [1.82, 2.24) is 10.6 Å². The third kappa shape index (κ3) is 5.44. The second-order valence-electron chi connectivity index (χ2n) is 6.95. The molecule has 0 bridgehead atoms. The quantitative estimate of drug-likeness (QED) is 0.663. The van der Waals surface area contributed by atoms with Crippen LogP contribution in [0.2, 0.25) is 0 Å². The first-order chi connectivity index (χ1) is 13.1. The topological polar surface area (TPSA) is 87.7 Å². The van der Waals surface area contributed by atoms with Gasteiger partial charge in [-0.3, -0.25) is 9.59 Å². The lowest BCUT2D eigenvalue weighted by molar-refractivity contribution is -0.128. The number of aliphatic hydroxyl groups excluding tert-OH is 1. The third-order valence-electron chi connectivity index (χ3n) is 4.86. The van der Waals surface area contributed by atoms with E-state index in [0.29, 0.717) is 5.75 Å². The van der Waals surface area contributed by atoms with Crippen molar-refractivity contribution in [1.29, 1.82) is 0 Å². The number of carbonyl (C=O) groups is 2. The SMILES string of the molecule is O=C(CNC(=O)C1CCCC1)NC[C@H](O)COc1cccc2ccccc12. The fraction of sp³-hybridized carbons (Fsp3) is 0.429. The van der Waals surface area contributed by atoms with E-state index in [-0.39, 0.29) is 37.4 Å². The minimum absolute atomic E-state index is 0.0393. The van der Waals surface area contributed by atoms with Gasteiger partial charge in [-0.1, -0.05) is 49.2 Å². The van der Waals surface area contributed by atoms with Crippen molar-refractivity contribution in [2.45, 2.75) is 31.8 Å². The molecule has 27 heavy (non-hydrogen) atoms. The average molecular weight is 370 g/mol. The fourth-order valence-corrected chi connectivity index (χ4v) is 3.36. The molecule has 1 atom stereocenters. The molecule has 0 heterocycles. The smallest absolute Gasteiger partial charge is 0.239 e. The van der Waals surface area contributed by atoms with Crippen LogP contribution in [0.25, 0.3) is 10.8 Å². The molecule has 6 nitrogen and oxygen atoms in total. The van der Waals surface area contributed by atoms with E-state index in [1.165, 1.54) is 0 Å². The summed E-state index contributed by atoms with van der Waals surface area (Å²) in [6, 6.07) is 13.6. The van der Waals surface area contributed by atoms with Crippen LogP contribution in [-0.2, 0) is 9.59 Å². The highest BCUT2D eigenvalue weighted by Crippen LogP contribution is 2.25. The Morgan fingerprint density at radius 2 is 1.81 bits per heavy atom. The second-order valence-corrected chi connectivity index (χ2v) is 6.95. The monoisotopic (exact) mass is 370 g/mol. The van der Waals surface area contributed by atoms with Crippen LogP contribution in [0.1, 0.15) is 25.7 Å². The molecule has 2 amide bonds. The summed E-state index contributed by atoms with van der Waals surface area (Å²) in [6.45, 7) is 0.0812. The van der Waals surface area contributed by atoms with Gasteiger partial charge in [0, 0.05) is 17.8 Å². The van der Waals surface area contributed by atoms with Gasteiger partial charge in [0.2, 0.25) is 11.8 Å². The lowest BCUT2D eigenvalue weighted by atomic mass is 10.1. The second kappa shape index (κ2) is 9.37. The predicted octanol–water partition coefficient (Wildman–Crippen LogP) is 2.00. The highest BCUT2D eigenvalue weighted by Gasteiger charge is 2.22. The Morgan fingerprint density at radius 3 is 2.63 bits per heavy atom. The molecule has 0 unspecified atom stereocenters. The number of aliphatic hydroxyl groups is 1. The molecule has 2 aromatic rings. The van der Waals surface area contributed by atoms with Gasteiger partial charge >= 0.3 is 0 Å². The lowest BCUT2D eigenvalue weighted by Gasteiger charge is -2.15. The Labute approximate surface area is 158 Å². The van der Waals surface area contributed by atoms with Crippen molar-refractivity contribution in [3.05, 3.63) is 42.5 Å². The first kappa shape index (κ1) is 19.2. The van der Waals surface area contributed by atoms with Gasteiger partial charge in [0.1, 0.15) is 18.5 Å². The summed E-state index contributed by atoms with van der Waals surface area (Å²) < 4.78 is 5.71. The summed E-state index contributed by atoms with van der Waals surface area (Å²) in [7, 11) is 0. The Kier molecular flexibility index (Phi) is 6.65. The van der Waals surface area contributed by atoms with Gasteiger partial charge in [0.15, 0.2) is 0 Å². The first-order valence-electron chi connectivity index (χ1n) is 9.46. The van der Waals surface area contributed by atoms with Crippen LogP contribution < -0.4 is 15.4 Å².